The smallest absolute Gasteiger partial charge is 0.225 e. The molecule has 0 unspecified atom stereocenters. The molecule has 1 amide bonds. The quantitative estimate of drug-likeness (QED) is 0.530. The lowest BCUT2D eigenvalue weighted by molar-refractivity contribution is -0.116. The summed E-state index contributed by atoms with van der Waals surface area (Å²) in [6, 6.07) is 6.50. The van der Waals surface area contributed by atoms with E-state index in [1.54, 1.807) is 0 Å². The first kappa shape index (κ1) is 23.0. The maximum Gasteiger partial charge on any atom is 0.225 e. The zero-order valence-electron chi connectivity index (χ0n) is 20.0. The van der Waals surface area contributed by atoms with E-state index in [9.17, 15) is 9.90 Å². The first-order valence-electron chi connectivity index (χ1n) is 12.3. The van der Waals surface area contributed by atoms with Crippen molar-refractivity contribution < 1.29 is 9.90 Å². The molecule has 0 spiro atoms. The first-order valence-corrected chi connectivity index (χ1v) is 12.3. The van der Waals surface area contributed by atoms with Gasteiger partial charge in [-0.2, -0.15) is 0 Å². The van der Waals surface area contributed by atoms with Gasteiger partial charge in [-0.15, -0.1) is 10.2 Å². The molecule has 2 N–H and O–H groups in total. The number of aromatic nitrogens is 3. The predicted octanol–water partition coefficient (Wildman–Crippen LogP) is 5.26. The normalized spacial score (nSPS) is 21.4. The highest BCUT2D eigenvalue weighted by Crippen LogP contribution is 2.48. The summed E-state index contributed by atoms with van der Waals surface area (Å²) < 4.78 is 2.33. The molecule has 0 radical (unpaired) electrons. The number of aliphatic hydroxyl groups is 1. The number of anilines is 1. The van der Waals surface area contributed by atoms with Crippen LogP contribution in [0.1, 0.15) is 99.4 Å². The zero-order chi connectivity index (χ0) is 22.8. The van der Waals surface area contributed by atoms with E-state index in [4.69, 9.17) is 0 Å². The van der Waals surface area contributed by atoms with Crippen molar-refractivity contribution in [3.05, 3.63) is 41.0 Å². The van der Waals surface area contributed by atoms with Crippen molar-refractivity contribution in [2.24, 2.45) is 11.8 Å². The number of carbonyl (C=O) groups excluding carboxylic acids is 1. The summed E-state index contributed by atoms with van der Waals surface area (Å²) >= 11 is 0. The molecule has 2 fully saturated rings. The third-order valence-corrected chi connectivity index (χ3v) is 7.00. The summed E-state index contributed by atoms with van der Waals surface area (Å²) in [6.45, 7) is 8.68. The summed E-state index contributed by atoms with van der Waals surface area (Å²) in [5.74, 6) is 3.85. The number of nitrogens with one attached hydrogen (secondary N) is 1. The lowest BCUT2D eigenvalue weighted by atomic mass is 9.71. The molecule has 1 heterocycles. The molecular formula is C26H38N4O2. The van der Waals surface area contributed by atoms with E-state index in [2.05, 4.69) is 40.0 Å². The van der Waals surface area contributed by atoms with E-state index in [0.29, 0.717) is 24.8 Å². The molecule has 2 aliphatic carbocycles. The summed E-state index contributed by atoms with van der Waals surface area (Å²) in [6.07, 6.45) is 6.81. The van der Waals surface area contributed by atoms with Crippen LogP contribution in [0.3, 0.4) is 0 Å². The van der Waals surface area contributed by atoms with Crippen LogP contribution in [0.2, 0.25) is 0 Å². The number of aryl methyl sites for hydroxylation is 2. The molecule has 6 heteroatoms. The molecule has 1 aromatic heterocycles. The highest BCUT2D eigenvalue weighted by molar-refractivity contribution is 5.92. The number of rotatable bonds is 10. The van der Waals surface area contributed by atoms with Gasteiger partial charge in [0.15, 0.2) is 0 Å². The molecule has 0 aliphatic heterocycles. The van der Waals surface area contributed by atoms with Crippen molar-refractivity contribution in [1.29, 1.82) is 0 Å². The van der Waals surface area contributed by atoms with Crippen LogP contribution in [0.4, 0.5) is 5.69 Å². The Morgan fingerprint density at radius 1 is 1.22 bits per heavy atom. The van der Waals surface area contributed by atoms with E-state index in [1.807, 2.05) is 26.0 Å². The van der Waals surface area contributed by atoms with Gasteiger partial charge in [-0.3, -0.25) is 4.79 Å². The highest BCUT2D eigenvalue weighted by atomic mass is 16.3. The van der Waals surface area contributed by atoms with Crippen molar-refractivity contribution in [2.75, 3.05) is 11.9 Å². The molecule has 1 atom stereocenters. The van der Waals surface area contributed by atoms with Crippen molar-refractivity contribution in [1.82, 2.24) is 14.8 Å². The van der Waals surface area contributed by atoms with Crippen LogP contribution in [-0.2, 0) is 4.79 Å². The van der Waals surface area contributed by atoms with E-state index in [1.165, 1.54) is 24.8 Å². The van der Waals surface area contributed by atoms with Crippen LogP contribution in [0.25, 0.3) is 0 Å². The van der Waals surface area contributed by atoms with Gasteiger partial charge < -0.3 is 15.0 Å². The number of hydrogen-bond acceptors (Lipinski definition) is 4. The fourth-order valence-electron chi connectivity index (χ4n) is 5.24. The fourth-order valence-corrected chi connectivity index (χ4v) is 5.24. The van der Waals surface area contributed by atoms with Gasteiger partial charge in [-0.1, -0.05) is 31.5 Å². The van der Waals surface area contributed by atoms with Crippen LogP contribution in [-0.4, -0.2) is 32.4 Å². The predicted molar refractivity (Wildman–Crippen MR) is 127 cm³/mol. The van der Waals surface area contributed by atoms with Gasteiger partial charge in [-0.05, 0) is 75.8 Å². The molecule has 0 saturated heterocycles. The number of carbonyl (C=O) groups is 1. The summed E-state index contributed by atoms with van der Waals surface area (Å²) in [5, 5.41) is 22.0. The largest absolute Gasteiger partial charge is 0.396 e. The second-order valence-electron chi connectivity index (χ2n) is 10.5. The molecule has 6 nitrogen and oxygen atoms in total. The van der Waals surface area contributed by atoms with Gasteiger partial charge >= 0.3 is 0 Å². The molecular weight excluding hydrogens is 400 g/mol. The van der Waals surface area contributed by atoms with Gasteiger partial charge in [0, 0.05) is 36.6 Å². The number of nitrogens with zero attached hydrogens (tertiary/aromatic N) is 3. The average molecular weight is 439 g/mol. The number of benzene rings is 1. The monoisotopic (exact) mass is 438 g/mol. The van der Waals surface area contributed by atoms with Gasteiger partial charge in [-0.25, -0.2) is 0 Å². The zero-order valence-corrected chi connectivity index (χ0v) is 20.0. The third kappa shape index (κ3) is 5.22. The van der Waals surface area contributed by atoms with E-state index in [-0.39, 0.29) is 18.4 Å². The van der Waals surface area contributed by atoms with Crippen LogP contribution < -0.4 is 5.32 Å². The Kier molecular flexibility index (Phi) is 6.99. The van der Waals surface area contributed by atoms with Gasteiger partial charge in [0.1, 0.15) is 11.6 Å². The Morgan fingerprint density at radius 2 is 1.97 bits per heavy atom. The van der Waals surface area contributed by atoms with Gasteiger partial charge in [0.05, 0.1) is 0 Å². The second kappa shape index (κ2) is 9.74. The maximum atomic E-state index is 12.9. The number of aliphatic hydroxyl groups excluding tert-OH is 1. The highest BCUT2D eigenvalue weighted by Gasteiger charge is 2.39. The minimum absolute atomic E-state index is 0.0360. The van der Waals surface area contributed by atoms with Crippen molar-refractivity contribution in [3.63, 3.8) is 0 Å². The minimum atomic E-state index is -0.126. The van der Waals surface area contributed by atoms with Gasteiger partial charge in [0.25, 0.3) is 0 Å². The molecule has 1 aromatic carbocycles. The fraction of sp³-hybridized carbons (Fsp3) is 0.654. The first-order chi connectivity index (χ1) is 15.4. The van der Waals surface area contributed by atoms with E-state index < -0.39 is 0 Å². The molecule has 2 aliphatic rings. The topological polar surface area (TPSA) is 80.0 Å². The molecule has 174 valence electrons. The molecule has 0 bridgehead atoms. The van der Waals surface area contributed by atoms with E-state index >= 15 is 0 Å². The second-order valence-corrected chi connectivity index (χ2v) is 10.5. The molecule has 4 rings (SSSR count). The third-order valence-electron chi connectivity index (χ3n) is 7.00. The van der Waals surface area contributed by atoms with Crippen molar-refractivity contribution in [3.8, 4) is 0 Å². The lowest BCUT2D eigenvalue weighted by Gasteiger charge is -2.36. The Labute approximate surface area is 191 Å². The van der Waals surface area contributed by atoms with E-state index in [0.717, 1.165) is 47.6 Å². The Morgan fingerprint density at radius 3 is 2.59 bits per heavy atom. The Hall–Kier alpha value is -2.21. The van der Waals surface area contributed by atoms with Crippen LogP contribution >= 0.6 is 0 Å². The number of hydrogen-bond donors (Lipinski definition) is 2. The standard InChI is InChI=1S/C26H38N4O2/c1-16(2)11-19-13-21(14-19)26-29-28-25(30(26)22-6-7-22)20(9-10-31)15-24(32)27-23-8-5-17(3)12-18(23)4/h5,8,12,16,19-22,31H,6-7,9-11,13-15H2,1-4H3,(H,27,32)/t19-,20-,21+/m0/s1. The van der Waals surface area contributed by atoms with Crippen LogP contribution in [0.5, 0.6) is 0 Å². The maximum absolute atomic E-state index is 12.9. The van der Waals surface area contributed by atoms with Crippen LogP contribution in [0, 0.1) is 25.7 Å². The average Bonchev–Trinajstić information content (AvgIpc) is 3.45. The Bertz CT molecular complexity index is 941. The molecule has 32 heavy (non-hydrogen) atoms. The minimum Gasteiger partial charge on any atom is -0.396 e. The van der Waals surface area contributed by atoms with Crippen LogP contribution in [0.15, 0.2) is 18.2 Å². The van der Waals surface area contributed by atoms with Crippen molar-refractivity contribution >= 4 is 11.6 Å². The summed E-state index contributed by atoms with van der Waals surface area (Å²) in [7, 11) is 0. The molecule has 2 saturated carbocycles. The van der Waals surface area contributed by atoms with Crippen molar-refractivity contribution in [2.45, 2.75) is 90.5 Å². The number of amides is 1. The van der Waals surface area contributed by atoms with Gasteiger partial charge in [0.2, 0.25) is 5.91 Å². The SMILES string of the molecule is Cc1ccc(NC(=O)C[C@H](CCO)c2nnc([C@H]3C[C@@H](CC(C)C)C3)n2C2CC2)c(C)c1. The summed E-state index contributed by atoms with van der Waals surface area (Å²) in [5.41, 5.74) is 3.08. The summed E-state index contributed by atoms with van der Waals surface area (Å²) in [4.78, 5) is 12.9. The lowest BCUT2D eigenvalue weighted by Crippen LogP contribution is -2.26. The Balaban J connectivity index is 1.48. The molecule has 2 aromatic rings.